The van der Waals surface area contributed by atoms with E-state index in [1.165, 1.54) is 6.08 Å². The number of hydrogen-bond acceptors (Lipinski definition) is 4. The van der Waals surface area contributed by atoms with Crippen molar-refractivity contribution in [2.24, 2.45) is 0 Å². The van der Waals surface area contributed by atoms with E-state index in [4.69, 9.17) is 32.7 Å². The molecule has 1 aromatic heterocycles. The largest absolute Gasteiger partial charge is 0.460 e. The van der Waals surface area contributed by atoms with E-state index in [-0.39, 0.29) is 12.1 Å². The molecule has 2 aromatic rings. The van der Waals surface area contributed by atoms with Crippen molar-refractivity contribution in [3.8, 4) is 0 Å². The standard InChI is InChI=1S/C20H22Cl2N2O3/c1-13-16(8-9-20(25)27-12-15-5-4-10-26-15)14(2)24(23-13)11-17-18(21)6-3-7-19(17)22/h3,6-9,15H,4-5,10-12H2,1-2H3/b9-8+. The summed E-state index contributed by atoms with van der Waals surface area (Å²) in [7, 11) is 0. The zero-order chi connectivity index (χ0) is 19.4. The molecule has 2 heterocycles. The van der Waals surface area contributed by atoms with Crippen molar-refractivity contribution in [1.82, 2.24) is 9.78 Å². The Bertz CT molecular complexity index is 835. The van der Waals surface area contributed by atoms with Gasteiger partial charge in [0, 0.05) is 39.5 Å². The van der Waals surface area contributed by atoms with Crippen LogP contribution < -0.4 is 0 Å². The Morgan fingerprint density at radius 3 is 2.78 bits per heavy atom. The molecule has 0 aliphatic carbocycles. The lowest BCUT2D eigenvalue weighted by atomic mass is 10.1. The van der Waals surface area contributed by atoms with Gasteiger partial charge in [0.2, 0.25) is 0 Å². The van der Waals surface area contributed by atoms with E-state index in [0.29, 0.717) is 23.2 Å². The van der Waals surface area contributed by atoms with Crippen LogP contribution >= 0.6 is 23.2 Å². The fraction of sp³-hybridized carbons (Fsp3) is 0.400. The molecule has 0 saturated carbocycles. The second-order valence-electron chi connectivity index (χ2n) is 6.54. The summed E-state index contributed by atoms with van der Waals surface area (Å²) in [5.74, 6) is -0.383. The van der Waals surface area contributed by atoms with Crippen LogP contribution in [0.1, 0.15) is 35.4 Å². The highest BCUT2D eigenvalue weighted by molar-refractivity contribution is 6.35. The second kappa shape index (κ2) is 8.91. The summed E-state index contributed by atoms with van der Waals surface area (Å²) in [6.45, 7) is 5.34. The number of aromatic nitrogens is 2. The third-order valence-electron chi connectivity index (χ3n) is 4.63. The lowest BCUT2D eigenvalue weighted by molar-refractivity contribution is -0.140. The first-order valence-electron chi connectivity index (χ1n) is 8.89. The molecule has 1 aliphatic heterocycles. The van der Waals surface area contributed by atoms with Gasteiger partial charge in [0.1, 0.15) is 6.61 Å². The first-order valence-corrected chi connectivity index (χ1v) is 9.64. The molecule has 0 spiro atoms. The van der Waals surface area contributed by atoms with Gasteiger partial charge in [-0.3, -0.25) is 4.68 Å². The summed E-state index contributed by atoms with van der Waals surface area (Å²) >= 11 is 12.5. The molecule has 1 saturated heterocycles. The molecule has 3 rings (SSSR count). The zero-order valence-electron chi connectivity index (χ0n) is 15.4. The van der Waals surface area contributed by atoms with Crippen LogP contribution in [0.4, 0.5) is 0 Å². The molecule has 7 heteroatoms. The Kier molecular flexibility index (Phi) is 6.58. The number of halogens is 2. The number of esters is 1. The summed E-state index contributed by atoms with van der Waals surface area (Å²) in [6.07, 6.45) is 5.14. The van der Waals surface area contributed by atoms with Crippen LogP contribution in [0, 0.1) is 13.8 Å². The maximum Gasteiger partial charge on any atom is 0.330 e. The number of rotatable bonds is 6. The summed E-state index contributed by atoms with van der Waals surface area (Å²) < 4.78 is 12.5. The third-order valence-corrected chi connectivity index (χ3v) is 5.34. The van der Waals surface area contributed by atoms with Crippen molar-refractivity contribution in [2.75, 3.05) is 13.2 Å². The van der Waals surface area contributed by atoms with E-state index >= 15 is 0 Å². The minimum Gasteiger partial charge on any atom is -0.460 e. The SMILES string of the molecule is Cc1nn(Cc2c(Cl)cccc2Cl)c(C)c1/C=C/C(=O)OCC1CCCO1. The Balaban J connectivity index is 1.68. The first kappa shape index (κ1) is 19.9. The van der Waals surface area contributed by atoms with Gasteiger partial charge < -0.3 is 9.47 Å². The van der Waals surface area contributed by atoms with E-state index in [1.807, 2.05) is 24.6 Å². The summed E-state index contributed by atoms with van der Waals surface area (Å²) in [4.78, 5) is 12.0. The van der Waals surface area contributed by atoms with E-state index in [0.717, 1.165) is 42.0 Å². The van der Waals surface area contributed by atoms with Crippen LogP contribution in [0.15, 0.2) is 24.3 Å². The fourth-order valence-electron chi connectivity index (χ4n) is 3.09. The molecule has 27 heavy (non-hydrogen) atoms. The van der Waals surface area contributed by atoms with Gasteiger partial charge >= 0.3 is 5.97 Å². The lowest BCUT2D eigenvalue weighted by Crippen LogP contribution is -2.16. The van der Waals surface area contributed by atoms with Crippen LogP contribution in [0.3, 0.4) is 0 Å². The molecule has 1 atom stereocenters. The van der Waals surface area contributed by atoms with Crippen LogP contribution in [0.5, 0.6) is 0 Å². The van der Waals surface area contributed by atoms with Gasteiger partial charge in [-0.25, -0.2) is 4.79 Å². The molecule has 0 N–H and O–H groups in total. The van der Waals surface area contributed by atoms with Gasteiger partial charge in [0.05, 0.1) is 18.3 Å². The molecular formula is C20H22Cl2N2O3. The Morgan fingerprint density at radius 1 is 1.37 bits per heavy atom. The van der Waals surface area contributed by atoms with Crippen LogP contribution in [-0.2, 0) is 20.8 Å². The molecule has 0 radical (unpaired) electrons. The number of ether oxygens (including phenoxy) is 2. The summed E-state index contributed by atoms with van der Waals surface area (Å²) in [5.41, 5.74) is 3.44. The molecule has 144 valence electrons. The fourth-order valence-corrected chi connectivity index (χ4v) is 3.61. The van der Waals surface area contributed by atoms with Crippen LogP contribution in [-0.4, -0.2) is 35.1 Å². The predicted octanol–water partition coefficient (Wildman–Crippen LogP) is 4.59. The van der Waals surface area contributed by atoms with E-state index < -0.39 is 0 Å². The number of nitrogens with zero attached hydrogens (tertiary/aromatic N) is 2. The minimum absolute atomic E-state index is 0.0222. The van der Waals surface area contributed by atoms with Gasteiger partial charge in [0.15, 0.2) is 0 Å². The highest BCUT2D eigenvalue weighted by Gasteiger charge is 2.17. The normalized spacial score (nSPS) is 17.0. The van der Waals surface area contributed by atoms with Gasteiger partial charge in [-0.2, -0.15) is 5.10 Å². The molecular weight excluding hydrogens is 387 g/mol. The number of hydrogen-bond donors (Lipinski definition) is 0. The third kappa shape index (κ3) is 4.92. The van der Waals surface area contributed by atoms with Crippen molar-refractivity contribution in [3.63, 3.8) is 0 Å². The van der Waals surface area contributed by atoms with Crippen molar-refractivity contribution in [1.29, 1.82) is 0 Å². The topological polar surface area (TPSA) is 53.4 Å². The molecule has 1 aliphatic rings. The smallest absolute Gasteiger partial charge is 0.330 e. The molecule has 5 nitrogen and oxygen atoms in total. The van der Waals surface area contributed by atoms with Crippen molar-refractivity contribution < 1.29 is 14.3 Å². The van der Waals surface area contributed by atoms with E-state index in [1.54, 1.807) is 18.2 Å². The van der Waals surface area contributed by atoms with Gasteiger partial charge in [0.25, 0.3) is 0 Å². The molecule has 1 fully saturated rings. The van der Waals surface area contributed by atoms with Crippen molar-refractivity contribution in [3.05, 3.63) is 56.8 Å². The van der Waals surface area contributed by atoms with Crippen molar-refractivity contribution >= 4 is 35.2 Å². The second-order valence-corrected chi connectivity index (χ2v) is 7.36. The van der Waals surface area contributed by atoms with E-state index in [9.17, 15) is 4.79 Å². The molecule has 0 bridgehead atoms. The summed E-state index contributed by atoms with van der Waals surface area (Å²) in [5, 5.41) is 5.75. The first-order chi connectivity index (χ1) is 13.0. The lowest BCUT2D eigenvalue weighted by Gasteiger charge is -2.09. The van der Waals surface area contributed by atoms with Gasteiger partial charge in [-0.05, 0) is 44.9 Å². The Hall–Kier alpha value is -1.82. The highest BCUT2D eigenvalue weighted by atomic mass is 35.5. The van der Waals surface area contributed by atoms with Gasteiger partial charge in [-0.15, -0.1) is 0 Å². The predicted molar refractivity (Wildman–Crippen MR) is 106 cm³/mol. The summed E-state index contributed by atoms with van der Waals surface area (Å²) in [6, 6.07) is 5.42. The zero-order valence-corrected chi connectivity index (χ0v) is 16.9. The highest BCUT2D eigenvalue weighted by Crippen LogP contribution is 2.26. The average molecular weight is 409 g/mol. The average Bonchev–Trinajstić information content (AvgIpc) is 3.24. The number of aryl methyl sites for hydroxylation is 1. The van der Waals surface area contributed by atoms with Crippen molar-refractivity contribution in [2.45, 2.75) is 39.3 Å². The van der Waals surface area contributed by atoms with Crippen LogP contribution in [0.25, 0.3) is 6.08 Å². The quantitative estimate of drug-likeness (QED) is 0.517. The molecule has 1 aromatic carbocycles. The van der Waals surface area contributed by atoms with E-state index in [2.05, 4.69) is 5.10 Å². The number of carbonyl (C=O) groups excluding carboxylic acids is 1. The Labute approximate surface area is 168 Å². The Morgan fingerprint density at radius 2 is 2.11 bits per heavy atom. The maximum atomic E-state index is 12.0. The molecule has 1 unspecified atom stereocenters. The molecule has 0 amide bonds. The van der Waals surface area contributed by atoms with Crippen LogP contribution in [0.2, 0.25) is 10.0 Å². The minimum atomic E-state index is -0.383. The maximum absolute atomic E-state index is 12.0. The number of benzene rings is 1. The number of carbonyl (C=O) groups is 1. The van der Waals surface area contributed by atoms with Gasteiger partial charge in [-0.1, -0.05) is 29.3 Å². The monoisotopic (exact) mass is 408 g/mol.